The largest absolute Gasteiger partial charge is 0.444 e. The van der Waals surface area contributed by atoms with Crippen LogP contribution in [0.5, 0.6) is 0 Å². The van der Waals surface area contributed by atoms with Crippen molar-refractivity contribution in [2.24, 2.45) is 0 Å². The molecule has 1 aliphatic rings. The number of halogens is 2. The maximum atomic E-state index is 12.0. The summed E-state index contributed by atoms with van der Waals surface area (Å²) in [7, 11) is 0. The molecule has 20 heavy (non-hydrogen) atoms. The number of carbonyl (C=O) groups excluding carboxylic acids is 1. The first kappa shape index (κ1) is 15.6. The van der Waals surface area contributed by atoms with E-state index in [0.717, 1.165) is 21.5 Å². The molecule has 0 spiro atoms. The Kier molecular flexibility index (Phi) is 4.65. The molecule has 0 radical (unpaired) electrons. The molecular weight excluding hydrogens is 342 g/mol. The fourth-order valence-electron chi connectivity index (χ4n) is 2.34. The van der Waals surface area contributed by atoms with E-state index in [0.29, 0.717) is 13.1 Å². The quantitative estimate of drug-likeness (QED) is 0.718. The molecular formula is C15H19BrClNO2. The lowest BCUT2D eigenvalue weighted by Crippen LogP contribution is -2.35. The minimum absolute atomic E-state index is 0.242. The van der Waals surface area contributed by atoms with Crippen molar-refractivity contribution < 1.29 is 9.53 Å². The summed E-state index contributed by atoms with van der Waals surface area (Å²) in [5, 5.41) is 0.746. The van der Waals surface area contributed by atoms with Gasteiger partial charge in [0.15, 0.2) is 0 Å². The molecule has 1 fully saturated rings. The minimum Gasteiger partial charge on any atom is -0.444 e. The van der Waals surface area contributed by atoms with Crippen LogP contribution in [-0.2, 0) is 4.74 Å². The highest BCUT2D eigenvalue weighted by atomic mass is 79.9. The van der Waals surface area contributed by atoms with Crippen molar-refractivity contribution in [2.45, 2.75) is 38.7 Å². The Morgan fingerprint density at radius 1 is 1.45 bits per heavy atom. The maximum Gasteiger partial charge on any atom is 0.410 e. The molecule has 1 aliphatic heterocycles. The van der Waals surface area contributed by atoms with Gasteiger partial charge in [-0.05, 0) is 44.9 Å². The van der Waals surface area contributed by atoms with Crippen molar-refractivity contribution in [2.75, 3.05) is 13.1 Å². The highest BCUT2D eigenvalue weighted by molar-refractivity contribution is 9.10. The molecule has 0 aliphatic carbocycles. The second-order valence-electron chi connectivity index (χ2n) is 6.08. The Bertz CT molecular complexity index is 513. The summed E-state index contributed by atoms with van der Waals surface area (Å²) in [6.07, 6.45) is 0.675. The molecule has 3 nitrogen and oxygen atoms in total. The van der Waals surface area contributed by atoms with Crippen molar-refractivity contribution in [3.63, 3.8) is 0 Å². The van der Waals surface area contributed by atoms with E-state index < -0.39 is 5.60 Å². The van der Waals surface area contributed by atoms with E-state index in [4.69, 9.17) is 16.3 Å². The van der Waals surface area contributed by atoms with Gasteiger partial charge < -0.3 is 9.64 Å². The van der Waals surface area contributed by atoms with E-state index in [1.165, 1.54) is 0 Å². The number of benzene rings is 1. The third-order valence-corrected chi connectivity index (χ3v) is 4.06. The maximum absolute atomic E-state index is 12.0. The highest BCUT2D eigenvalue weighted by Crippen LogP contribution is 2.34. The van der Waals surface area contributed by atoms with Crippen LogP contribution in [0.2, 0.25) is 5.02 Å². The second kappa shape index (κ2) is 5.94. The van der Waals surface area contributed by atoms with Gasteiger partial charge in [0.1, 0.15) is 5.60 Å². The van der Waals surface area contributed by atoms with Crippen molar-refractivity contribution >= 4 is 33.6 Å². The number of rotatable bonds is 1. The monoisotopic (exact) mass is 359 g/mol. The minimum atomic E-state index is -0.454. The summed E-state index contributed by atoms with van der Waals surface area (Å²) >= 11 is 9.68. The van der Waals surface area contributed by atoms with E-state index in [9.17, 15) is 4.79 Å². The summed E-state index contributed by atoms with van der Waals surface area (Å²) in [5.74, 6) is 0.281. The first-order chi connectivity index (χ1) is 9.26. The summed E-state index contributed by atoms with van der Waals surface area (Å²) in [4.78, 5) is 13.8. The summed E-state index contributed by atoms with van der Waals surface area (Å²) in [6.45, 7) is 7.01. The van der Waals surface area contributed by atoms with E-state index >= 15 is 0 Å². The molecule has 110 valence electrons. The van der Waals surface area contributed by atoms with Crippen LogP contribution in [0, 0.1) is 0 Å². The number of carbonyl (C=O) groups is 1. The lowest BCUT2D eigenvalue weighted by Gasteiger charge is -2.24. The third kappa shape index (κ3) is 3.89. The first-order valence-corrected chi connectivity index (χ1v) is 7.86. The van der Waals surface area contributed by atoms with Crippen molar-refractivity contribution in [1.82, 2.24) is 4.90 Å². The number of hydrogen-bond acceptors (Lipinski definition) is 2. The van der Waals surface area contributed by atoms with E-state index in [1.807, 2.05) is 39.0 Å². The van der Waals surface area contributed by atoms with Crippen molar-refractivity contribution in [1.29, 1.82) is 0 Å². The Hall–Kier alpha value is -0.740. The van der Waals surface area contributed by atoms with Crippen LogP contribution in [-0.4, -0.2) is 29.7 Å². The molecule has 1 saturated heterocycles. The van der Waals surface area contributed by atoms with Crippen molar-refractivity contribution in [3.8, 4) is 0 Å². The zero-order chi connectivity index (χ0) is 14.9. The molecule has 0 saturated carbocycles. The molecule has 5 heteroatoms. The topological polar surface area (TPSA) is 29.5 Å². The lowest BCUT2D eigenvalue weighted by atomic mass is 9.98. The molecule has 2 rings (SSSR count). The Labute approximate surface area is 133 Å². The number of likely N-dealkylation sites (tertiary alicyclic amines) is 1. The molecule has 1 heterocycles. The van der Waals surface area contributed by atoms with Gasteiger partial charge in [0.25, 0.3) is 0 Å². The Morgan fingerprint density at radius 2 is 2.15 bits per heavy atom. The van der Waals surface area contributed by atoms with Gasteiger partial charge in [-0.3, -0.25) is 0 Å². The van der Waals surface area contributed by atoms with Gasteiger partial charge in [-0.25, -0.2) is 4.79 Å². The van der Waals surface area contributed by atoms with Crippen LogP contribution in [0.3, 0.4) is 0 Å². The van der Waals surface area contributed by atoms with Crippen LogP contribution in [0.4, 0.5) is 4.79 Å². The average Bonchev–Trinajstić information content (AvgIpc) is 2.75. The molecule has 0 aromatic heterocycles. The van der Waals surface area contributed by atoms with Crippen LogP contribution in [0.1, 0.15) is 38.7 Å². The zero-order valence-electron chi connectivity index (χ0n) is 12.0. The van der Waals surface area contributed by atoms with Gasteiger partial charge in [-0.15, -0.1) is 0 Å². The fraction of sp³-hybridized carbons (Fsp3) is 0.533. The van der Waals surface area contributed by atoms with Gasteiger partial charge in [-0.1, -0.05) is 33.6 Å². The van der Waals surface area contributed by atoms with Gasteiger partial charge >= 0.3 is 6.09 Å². The van der Waals surface area contributed by atoms with Gasteiger partial charge in [0, 0.05) is 28.5 Å². The number of ether oxygens (including phenoxy) is 1. The fourth-order valence-corrected chi connectivity index (χ4v) is 3.17. The summed E-state index contributed by atoms with van der Waals surface area (Å²) in [5.41, 5.74) is 0.644. The van der Waals surface area contributed by atoms with E-state index in [1.54, 1.807) is 4.90 Å². The van der Waals surface area contributed by atoms with Crippen molar-refractivity contribution in [3.05, 3.63) is 33.3 Å². The summed E-state index contributed by atoms with van der Waals surface area (Å²) in [6, 6.07) is 5.90. The standard InChI is InChI=1S/C15H19BrClNO2/c1-15(2,3)20-14(19)18-7-6-10(9-18)12-5-4-11(16)8-13(12)17/h4-5,8,10H,6-7,9H2,1-3H3. The zero-order valence-corrected chi connectivity index (χ0v) is 14.3. The van der Waals surface area contributed by atoms with Crippen LogP contribution < -0.4 is 0 Å². The molecule has 1 aromatic rings. The SMILES string of the molecule is CC(C)(C)OC(=O)N1CCC(c2ccc(Br)cc2Cl)C1. The van der Waals surface area contributed by atoms with Crippen LogP contribution in [0.25, 0.3) is 0 Å². The van der Waals surface area contributed by atoms with Gasteiger partial charge in [-0.2, -0.15) is 0 Å². The number of nitrogens with zero attached hydrogens (tertiary/aromatic N) is 1. The lowest BCUT2D eigenvalue weighted by molar-refractivity contribution is 0.0292. The average molecular weight is 361 g/mol. The number of hydrogen-bond donors (Lipinski definition) is 0. The van der Waals surface area contributed by atoms with Gasteiger partial charge in [0.05, 0.1) is 0 Å². The Balaban J connectivity index is 2.03. The molecule has 0 bridgehead atoms. The molecule has 1 unspecified atom stereocenters. The second-order valence-corrected chi connectivity index (χ2v) is 7.40. The first-order valence-electron chi connectivity index (χ1n) is 6.69. The highest BCUT2D eigenvalue weighted by Gasteiger charge is 2.31. The predicted molar refractivity (Wildman–Crippen MR) is 84.3 cm³/mol. The predicted octanol–water partition coefficient (Wildman–Crippen LogP) is 4.83. The summed E-state index contributed by atoms with van der Waals surface area (Å²) < 4.78 is 6.37. The van der Waals surface area contributed by atoms with Gasteiger partial charge in [0.2, 0.25) is 0 Å². The molecule has 1 amide bonds. The third-order valence-electron chi connectivity index (χ3n) is 3.24. The Morgan fingerprint density at radius 3 is 2.75 bits per heavy atom. The normalized spacial score (nSPS) is 19.2. The molecule has 0 N–H and O–H groups in total. The molecule has 1 atom stereocenters. The smallest absolute Gasteiger partial charge is 0.410 e. The molecule has 1 aromatic carbocycles. The number of amides is 1. The van der Waals surface area contributed by atoms with Crippen LogP contribution in [0.15, 0.2) is 22.7 Å². The van der Waals surface area contributed by atoms with E-state index in [2.05, 4.69) is 15.9 Å². The van der Waals surface area contributed by atoms with Crippen LogP contribution >= 0.6 is 27.5 Å². The van der Waals surface area contributed by atoms with E-state index in [-0.39, 0.29) is 12.0 Å².